The molecule has 3 rings (SSSR count). The molecule has 1 aliphatic heterocycles. The van der Waals surface area contributed by atoms with E-state index in [9.17, 15) is 13.2 Å². The van der Waals surface area contributed by atoms with E-state index in [-0.39, 0.29) is 22.5 Å². The fourth-order valence-electron chi connectivity index (χ4n) is 3.25. The standard InChI is InChI=1S/C23H29NO5S/c1-17-5-10-20(30(26,27)24-11-13-28-14-12-24)15-21(17)22(25)29-16-18-6-8-19(9-7-18)23(2,3)4/h5-10,15H,11-14,16H2,1-4H3. The van der Waals surface area contributed by atoms with E-state index in [4.69, 9.17) is 9.47 Å². The lowest BCUT2D eigenvalue weighted by atomic mass is 9.87. The summed E-state index contributed by atoms with van der Waals surface area (Å²) in [4.78, 5) is 12.8. The van der Waals surface area contributed by atoms with Gasteiger partial charge in [-0.1, -0.05) is 51.1 Å². The first-order valence-corrected chi connectivity index (χ1v) is 11.5. The van der Waals surface area contributed by atoms with E-state index in [1.807, 2.05) is 24.3 Å². The van der Waals surface area contributed by atoms with Gasteiger partial charge >= 0.3 is 5.97 Å². The van der Waals surface area contributed by atoms with Crippen molar-refractivity contribution >= 4 is 16.0 Å². The van der Waals surface area contributed by atoms with E-state index in [0.717, 1.165) is 5.56 Å². The number of hydrogen-bond donors (Lipinski definition) is 0. The van der Waals surface area contributed by atoms with Crippen LogP contribution in [-0.4, -0.2) is 45.0 Å². The number of morpholine rings is 1. The maximum atomic E-state index is 12.9. The zero-order valence-corrected chi connectivity index (χ0v) is 18.8. The first-order valence-electron chi connectivity index (χ1n) is 10.0. The van der Waals surface area contributed by atoms with Crippen molar-refractivity contribution in [2.75, 3.05) is 26.3 Å². The van der Waals surface area contributed by atoms with Crippen molar-refractivity contribution < 1.29 is 22.7 Å². The number of hydrogen-bond acceptors (Lipinski definition) is 5. The number of esters is 1. The third-order valence-corrected chi connectivity index (χ3v) is 7.12. The molecule has 1 aliphatic rings. The second-order valence-corrected chi connectivity index (χ2v) is 10.5. The molecule has 0 saturated carbocycles. The summed E-state index contributed by atoms with van der Waals surface area (Å²) < 4.78 is 37.8. The van der Waals surface area contributed by atoms with Gasteiger partial charge in [-0.25, -0.2) is 13.2 Å². The van der Waals surface area contributed by atoms with Gasteiger partial charge in [0.15, 0.2) is 0 Å². The average Bonchev–Trinajstić information content (AvgIpc) is 2.72. The van der Waals surface area contributed by atoms with Crippen LogP contribution in [0.25, 0.3) is 0 Å². The fourth-order valence-corrected chi connectivity index (χ4v) is 4.68. The highest BCUT2D eigenvalue weighted by atomic mass is 32.2. The Hall–Kier alpha value is -2.22. The molecule has 30 heavy (non-hydrogen) atoms. The Morgan fingerprint density at radius 2 is 1.70 bits per heavy atom. The quantitative estimate of drug-likeness (QED) is 0.676. The monoisotopic (exact) mass is 431 g/mol. The van der Waals surface area contributed by atoms with Gasteiger partial charge in [0, 0.05) is 13.1 Å². The molecule has 1 heterocycles. The molecule has 0 aromatic heterocycles. The topological polar surface area (TPSA) is 72.9 Å². The zero-order valence-electron chi connectivity index (χ0n) is 18.0. The van der Waals surface area contributed by atoms with Crippen LogP contribution < -0.4 is 0 Å². The van der Waals surface area contributed by atoms with Crippen molar-refractivity contribution in [3.8, 4) is 0 Å². The molecule has 0 aliphatic carbocycles. The predicted octanol–water partition coefficient (Wildman–Crippen LogP) is 3.67. The van der Waals surface area contributed by atoms with Crippen molar-refractivity contribution in [2.24, 2.45) is 0 Å². The minimum atomic E-state index is -3.68. The largest absolute Gasteiger partial charge is 0.457 e. The van der Waals surface area contributed by atoms with Crippen LogP contribution in [0.1, 0.15) is 47.8 Å². The van der Waals surface area contributed by atoms with E-state index in [1.165, 1.54) is 22.0 Å². The second-order valence-electron chi connectivity index (χ2n) is 8.52. The number of sulfonamides is 1. The summed E-state index contributed by atoms with van der Waals surface area (Å²) in [5.74, 6) is -0.536. The molecule has 0 spiro atoms. The molecule has 0 radical (unpaired) electrons. The summed E-state index contributed by atoms with van der Waals surface area (Å²) in [6.07, 6.45) is 0. The molecule has 0 amide bonds. The first-order chi connectivity index (χ1) is 14.1. The zero-order chi connectivity index (χ0) is 21.9. The molecule has 0 atom stereocenters. The lowest BCUT2D eigenvalue weighted by molar-refractivity contribution is 0.0471. The maximum Gasteiger partial charge on any atom is 0.338 e. The van der Waals surface area contributed by atoms with Crippen LogP contribution in [0.2, 0.25) is 0 Å². The number of nitrogens with zero attached hydrogens (tertiary/aromatic N) is 1. The molecule has 6 nitrogen and oxygen atoms in total. The third kappa shape index (κ3) is 5.09. The number of carbonyl (C=O) groups is 1. The maximum absolute atomic E-state index is 12.9. The first kappa shape index (κ1) is 22.5. The Kier molecular flexibility index (Phi) is 6.65. The highest BCUT2D eigenvalue weighted by Crippen LogP contribution is 2.23. The Labute approximate surface area is 178 Å². The van der Waals surface area contributed by atoms with E-state index < -0.39 is 16.0 Å². The van der Waals surface area contributed by atoms with Crippen molar-refractivity contribution in [1.82, 2.24) is 4.31 Å². The lowest BCUT2D eigenvalue weighted by Gasteiger charge is -2.26. The van der Waals surface area contributed by atoms with E-state index >= 15 is 0 Å². The summed E-state index contributed by atoms with van der Waals surface area (Å²) in [5, 5.41) is 0. The molecule has 1 saturated heterocycles. The van der Waals surface area contributed by atoms with Crippen LogP contribution in [0.3, 0.4) is 0 Å². The average molecular weight is 432 g/mol. The molecule has 162 valence electrons. The van der Waals surface area contributed by atoms with Gasteiger partial charge in [-0.2, -0.15) is 4.31 Å². The van der Waals surface area contributed by atoms with E-state index in [2.05, 4.69) is 20.8 Å². The van der Waals surface area contributed by atoms with Crippen LogP contribution >= 0.6 is 0 Å². The highest BCUT2D eigenvalue weighted by molar-refractivity contribution is 7.89. The van der Waals surface area contributed by atoms with Crippen molar-refractivity contribution in [2.45, 2.75) is 44.6 Å². The van der Waals surface area contributed by atoms with Gasteiger partial charge < -0.3 is 9.47 Å². The van der Waals surface area contributed by atoms with Crippen LogP contribution in [0.5, 0.6) is 0 Å². The van der Waals surface area contributed by atoms with E-state index in [1.54, 1.807) is 13.0 Å². The van der Waals surface area contributed by atoms with Gasteiger partial charge in [-0.15, -0.1) is 0 Å². The molecule has 2 aromatic carbocycles. The van der Waals surface area contributed by atoms with Crippen LogP contribution in [0, 0.1) is 6.92 Å². The van der Waals surface area contributed by atoms with Crippen LogP contribution in [-0.2, 0) is 31.5 Å². The van der Waals surface area contributed by atoms with Crippen molar-refractivity contribution in [1.29, 1.82) is 0 Å². The summed E-state index contributed by atoms with van der Waals surface area (Å²) >= 11 is 0. The number of rotatable bonds is 5. The van der Waals surface area contributed by atoms with Crippen molar-refractivity contribution in [3.63, 3.8) is 0 Å². The van der Waals surface area contributed by atoms with Gasteiger partial charge in [-0.05, 0) is 41.2 Å². The van der Waals surface area contributed by atoms with Gasteiger partial charge in [0.1, 0.15) is 6.61 Å². The summed E-state index contributed by atoms with van der Waals surface area (Å²) in [7, 11) is -3.68. The molecule has 0 N–H and O–H groups in total. The number of carbonyl (C=O) groups excluding carboxylic acids is 1. The smallest absolute Gasteiger partial charge is 0.338 e. The van der Waals surface area contributed by atoms with Crippen LogP contribution in [0.15, 0.2) is 47.4 Å². The second kappa shape index (κ2) is 8.88. The number of aryl methyl sites for hydroxylation is 1. The third-order valence-electron chi connectivity index (χ3n) is 5.23. The lowest BCUT2D eigenvalue weighted by Crippen LogP contribution is -2.40. The molecule has 1 fully saturated rings. The summed E-state index contributed by atoms with van der Waals surface area (Å²) in [6.45, 7) is 9.67. The number of ether oxygens (including phenoxy) is 2. The van der Waals surface area contributed by atoms with Gasteiger partial charge in [-0.3, -0.25) is 0 Å². The minimum absolute atomic E-state index is 0.0543. The SMILES string of the molecule is Cc1ccc(S(=O)(=O)N2CCOCC2)cc1C(=O)OCc1ccc(C(C)(C)C)cc1. The van der Waals surface area contributed by atoms with E-state index in [0.29, 0.717) is 31.9 Å². The molecular weight excluding hydrogens is 402 g/mol. The normalized spacial score (nSPS) is 15.7. The van der Waals surface area contributed by atoms with Crippen LogP contribution in [0.4, 0.5) is 0 Å². The molecule has 7 heteroatoms. The highest BCUT2D eigenvalue weighted by Gasteiger charge is 2.27. The molecule has 0 bridgehead atoms. The molecule has 2 aromatic rings. The van der Waals surface area contributed by atoms with Crippen molar-refractivity contribution in [3.05, 3.63) is 64.7 Å². The Morgan fingerprint density at radius 3 is 2.30 bits per heavy atom. The Balaban J connectivity index is 1.73. The fraction of sp³-hybridized carbons (Fsp3) is 0.435. The summed E-state index contributed by atoms with van der Waals surface area (Å²) in [6, 6.07) is 12.5. The minimum Gasteiger partial charge on any atom is -0.457 e. The van der Waals surface area contributed by atoms with Gasteiger partial charge in [0.2, 0.25) is 10.0 Å². The number of benzene rings is 2. The molecular formula is C23H29NO5S. The predicted molar refractivity (Wildman–Crippen MR) is 115 cm³/mol. The summed E-state index contributed by atoms with van der Waals surface area (Å²) in [5.41, 5.74) is 3.07. The van der Waals surface area contributed by atoms with Gasteiger partial charge in [0.05, 0.1) is 23.7 Å². The Bertz CT molecular complexity index is 1000. The Morgan fingerprint density at radius 1 is 1.07 bits per heavy atom. The molecule has 0 unspecified atom stereocenters. The van der Waals surface area contributed by atoms with Gasteiger partial charge in [0.25, 0.3) is 0 Å².